The van der Waals surface area contributed by atoms with Crippen molar-refractivity contribution in [1.82, 2.24) is 24.8 Å². The van der Waals surface area contributed by atoms with E-state index in [0.29, 0.717) is 18.4 Å². The minimum atomic E-state index is -1.25. The molecule has 222 valence electrons. The Morgan fingerprint density at radius 1 is 1.34 bits per heavy atom. The highest BCUT2D eigenvalue weighted by atomic mass is 16.6. The minimum Gasteiger partial charge on any atom is -0.466 e. The number of amides is 2. The van der Waals surface area contributed by atoms with E-state index in [1.807, 2.05) is 52.0 Å². The lowest BCUT2D eigenvalue weighted by atomic mass is 9.62. The Bertz CT molecular complexity index is 1350. The zero-order valence-corrected chi connectivity index (χ0v) is 24.5. The van der Waals surface area contributed by atoms with Gasteiger partial charge in [-0.1, -0.05) is 50.6 Å². The number of esters is 1. The van der Waals surface area contributed by atoms with Crippen LogP contribution in [0.2, 0.25) is 0 Å². The van der Waals surface area contributed by atoms with Crippen molar-refractivity contribution in [3.05, 3.63) is 36.9 Å². The summed E-state index contributed by atoms with van der Waals surface area (Å²) in [6.45, 7) is 13.5. The lowest BCUT2D eigenvalue weighted by molar-refractivity contribution is -0.164. The van der Waals surface area contributed by atoms with Crippen LogP contribution >= 0.6 is 0 Å². The number of aliphatic hydroxyl groups excluding tert-OH is 1. The van der Waals surface area contributed by atoms with E-state index in [4.69, 9.17) is 9.47 Å². The van der Waals surface area contributed by atoms with Gasteiger partial charge in [0, 0.05) is 6.54 Å². The summed E-state index contributed by atoms with van der Waals surface area (Å²) >= 11 is 0. The number of hydrogen-bond donors (Lipinski definition) is 1. The Hall–Kier alpha value is -3.31. The van der Waals surface area contributed by atoms with E-state index >= 15 is 0 Å². The fourth-order valence-corrected chi connectivity index (χ4v) is 7.45. The van der Waals surface area contributed by atoms with Crippen LogP contribution in [0.25, 0.3) is 11.0 Å². The lowest BCUT2D eigenvalue weighted by Gasteiger charge is -2.41. The van der Waals surface area contributed by atoms with Crippen LogP contribution in [-0.4, -0.2) is 90.7 Å². The Morgan fingerprint density at radius 3 is 2.73 bits per heavy atom. The van der Waals surface area contributed by atoms with Gasteiger partial charge in [0.2, 0.25) is 11.8 Å². The number of rotatable bonds is 11. The summed E-state index contributed by atoms with van der Waals surface area (Å²) < 4.78 is 13.9. The molecule has 11 nitrogen and oxygen atoms in total. The second kappa shape index (κ2) is 10.8. The summed E-state index contributed by atoms with van der Waals surface area (Å²) in [5.41, 5.74) is -0.749. The second-order valence-electron chi connectivity index (χ2n) is 11.9. The molecule has 3 fully saturated rings. The van der Waals surface area contributed by atoms with Gasteiger partial charge in [-0.15, -0.1) is 11.7 Å². The molecule has 3 unspecified atom stereocenters. The van der Waals surface area contributed by atoms with Gasteiger partial charge in [-0.2, -0.15) is 0 Å². The van der Waals surface area contributed by atoms with Gasteiger partial charge in [0.05, 0.1) is 36.3 Å². The summed E-state index contributed by atoms with van der Waals surface area (Å²) in [5, 5.41) is 19.1. The summed E-state index contributed by atoms with van der Waals surface area (Å²) in [4.78, 5) is 45.7. The molecule has 8 atom stereocenters. The molecule has 0 radical (unpaired) electrons. The normalized spacial score (nSPS) is 31.8. The SMILES string of the molecule is C=CCN(Cn1nnc2ccccc21)C(=O)C1N([C@@H](CO)[C@@H](C)CC)C(=O)[C@@H]2[C@H](C(=O)OCC)[C@@]3(C)OC12CC3C. The van der Waals surface area contributed by atoms with E-state index in [2.05, 4.69) is 16.9 Å². The monoisotopic (exact) mass is 567 g/mol. The average molecular weight is 568 g/mol. The van der Waals surface area contributed by atoms with E-state index in [-0.39, 0.29) is 50.1 Å². The molecule has 3 aliphatic heterocycles. The third-order valence-corrected chi connectivity index (χ3v) is 9.76. The van der Waals surface area contributed by atoms with Crippen LogP contribution in [0.5, 0.6) is 0 Å². The number of fused-ring (bicyclic) bond motifs is 2. The zero-order chi connectivity index (χ0) is 29.7. The van der Waals surface area contributed by atoms with Gasteiger partial charge < -0.3 is 24.4 Å². The first-order chi connectivity index (χ1) is 19.6. The predicted molar refractivity (Wildman–Crippen MR) is 150 cm³/mol. The van der Waals surface area contributed by atoms with Crippen molar-refractivity contribution in [2.75, 3.05) is 19.8 Å². The van der Waals surface area contributed by atoms with Gasteiger partial charge in [-0.05, 0) is 44.2 Å². The van der Waals surface area contributed by atoms with E-state index in [1.54, 1.807) is 22.6 Å². The van der Waals surface area contributed by atoms with Crippen LogP contribution in [0.4, 0.5) is 0 Å². The van der Waals surface area contributed by atoms with Crippen molar-refractivity contribution in [2.45, 2.75) is 77.4 Å². The summed E-state index contributed by atoms with van der Waals surface area (Å²) in [6.07, 6.45) is 2.74. The van der Waals surface area contributed by atoms with Gasteiger partial charge in [-0.3, -0.25) is 14.4 Å². The van der Waals surface area contributed by atoms with Crippen molar-refractivity contribution in [2.24, 2.45) is 23.7 Å². The number of benzene rings is 1. The maximum Gasteiger partial charge on any atom is 0.312 e. The standard InChI is InChI=1S/C30H41N5O6/c1-7-14-33(17-34-21-13-11-10-12-20(21)31-32-34)27(38)25-30-15-19(5)29(6,41-30)24(28(39)40-9-3)23(30)26(37)35(25)22(16-36)18(4)8-2/h7,10-13,18-19,22-25,36H,1,8-9,14-17H2,2-6H3/t18-,19?,22-,23-,24+,25?,29-,30?/m0/s1. The molecular formula is C30H41N5O6. The first-order valence-corrected chi connectivity index (χ1v) is 14.6. The average Bonchev–Trinajstić information content (AvgIpc) is 3.62. The van der Waals surface area contributed by atoms with Gasteiger partial charge in [0.25, 0.3) is 0 Å². The molecule has 2 aromatic rings. The maximum absolute atomic E-state index is 14.8. The van der Waals surface area contributed by atoms with Crippen molar-refractivity contribution < 1.29 is 29.0 Å². The van der Waals surface area contributed by atoms with E-state index in [1.165, 1.54) is 4.90 Å². The molecular weight excluding hydrogens is 526 g/mol. The molecule has 2 bridgehead atoms. The molecule has 11 heteroatoms. The topological polar surface area (TPSA) is 127 Å². The highest BCUT2D eigenvalue weighted by Crippen LogP contribution is 2.65. The Balaban J connectivity index is 1.62. The Labute approximate surface area is 240 Å². The zero-order valence-electron chi connectivity index (χ0n) is 24.5. The third-order valence-electron chi connectivity index (χ3n) is 9.76. The fourth-order valence-electron chi connectivity index (χ4n) is 7.45. The number of aromatic nitrogens is 3. The molecule has 1 aromatic heterocycles. The smallest absolute Gasteiger partial charge is 0.312 e. The molecule has 2 amide bonds. The van der Waals surface area contributed by atoms with Gasteiger partial charge in [-0.25, -0.2) is 4.68 Å². The van der Waals surface area contributed by atoms with Crippen LogP contribution in [0.15, 0.2) is 36.9 Å². The molecule has 5 rings (SSSR count). The van der Waals surface area contributed by atoms with Crippen molar-refractivity contribution >= 4 is 28.8 Å². The summed E-state index contributed by atoms with van der Waals surface area (Å²) in [5.74, 6) is -3.15. The molecule has 1 spiro atoms. The van der Waals surface area contributed by atoms with Crippen molar-refractivity contribution in [3.63, 3.8) is 0 Å². The van der Waals surface area contributed by atoms with Crippen molar-refractivity contribution in [3.8, 4) is 0 Å². The Kier molecular flexibility index (Phi) is 7.71. The highest BCUT2D eigenvalue weighted by Gasteiger charge is 2.80. The molecule has 1 N–H and O–H groups in total. The Morgan fingerprint density at radius 2 is 2.07 bits per heavy atom. The second-order valence-corrected chi connectivity index (χ2v) is 11.9. The molecule has 4 heterocycles. The third kappa shape index (κ3) is 4.27. The number of aliphatic hydroxyl groups is 1. The predicted octanol–water partition coefficient (Wildman–Crippen LogP) is 2.38. The van der Waals surface area contributed by atoms with Gasteiger partial charge >= 0.3 is 5.97 Å². The largest absolute Gasteiger partial charge is 0.466 e. The molecule has 0 aliphatic carbocycles. The van der Waals surface area contributed by atoms with E-state index in [9.17, 15) is 19.5 Å². The van der Waals surface area contributed by atoms with Crippen LogP contribution in [0.3, 0.4) is 0 Å². The summed E-state index contributed by atoms with van der Waals surface area (Å²) in [6, 6.07) is 5.79. The van der Waals surface area contributed by atoms with Gasteiger partial charge in [0.15, 0.2) is 0 Å². The molecule has 3 saturated heterocycles. The van der Waals surface area contributed by atoms with Crippen LogP contribution in [0.1, 0.15) is 47.5 Å². The molecule has 3 aliphatic rings. The van der Waals surface area contributed by atoms with Crippen LogP contribution in [0, 0.1) is 23.7 Å². The van der Waals surface area contributed by atoms with Crippen LogP contribution in [-0.2, 0) is 30.5 Å². The first-order valence-electron chi connectivity index (χ1n) is 14.6. The molecule has 0 saturated carbocycles. The number of carbonyl (C=O) groups excluding carboxylic acids is 3. The van der Waals surface area contributed by atoms with Crippen molar-refractivity contribution in [1.29, 1.82) is 0 Å². The first kappa shape index (κ1) is 29.2. The number of nitrogens with zero attached hydrogens (tertiary/aromatic N) is 5. The quantitative estimate of drug-likeness (QED) is 0.324. The molecule has 1 aromatic carbocycles. The van der Waals surface area contributed by atoms with E-state index in [0.717, 1.165) is 5.52 Å². The number of ether oxygens (including phenoxy) is 2. The van der Waals surface area contributed by atoms with E-state index < -0.39 is 41.1 Å². The summed E-state index contributed by atoms with van der Waals surface area (Å²) in [7, 11) is 0. The van der Waals surface area contributed by atoms with Crippen LogP contribution < -0.4 is 0 Å². The minimum absolute atomic E-state index is 0.0753. The van der Waals surface area contributed by atoms with Gasteiger partial charge in [0.1, 0.15) is 29.7 Å². The number of para-hydroxylation sites is 1. The number of carbonyl (C=O) groups is 3. The fraction of sp³-hybridized carbons (Fsp3) is 0.633. The highest BCUT2D eigenvalue weighted by molar-refractivity contribution is 5.98. The lowest BCUT2D eigenvalue weighted by Crippen LogP contribution is -2.60. The molecule has 41 heavy (non-hydrogen) atoms. The maximum atomic E-state index is 14.8. The number of hydrogen-bond acceptors (Lipinski definition) is 8. The number of likely N-dealkylation sites (tertiary alicyclic amines) is 1.